The molecule has 0 radical (unpaired) electrons. The number of carbonyl (C=O) groups is 1. The lowest BCUT2D eigenvalue weighted by Crippen LogP contribution is -2.26. The number of hydrogen-bond acceptors (Lipinski definition) is 2. The van der Waals surface area contributed by atoms with E-state index in [1.54, 1.807) is 17.4 Å². The van der Waals surface area contributed by atoms with Gasteiger partial charge in [0.15, 0.2) is 0 Å². The van der Waals surface area contributed by atoms with Crippen molar-refractivity contribution in [1.29, 1.82) is 0 Å². The van der Waals surface area contributed by atoms with Crippen molar-refractivity contribution in [2.75, 3.05) is 0 Å². The van der Waals surface area contributed by atoms with Crippen molar-refractivity contribution < 1.29 is 9.18 Å². The van der Waals surface area contributed by atoms with Crippen LogP contribution in [0.5, 0.6) is 0 Å². The molecule has 0 atom stereocenters. The number of nitrogens with zero attached hydrogens (tertiary/aromatic N) is 1. The third-order valence-corrected chi connectivity index (χ3v) is 5.58. The van der Waals surface area contributed by atoms with Crippen LogP contribution in [-0.2, 0) is 6.54 Å². The van der Waals surface area contributed by atoms with Crippen molar-refractivity contribution in [1.82, 2.24) is 9.88 Å². The van der Waals surface area contributed by atoms with Crippen LogP contribution in [0.15, 0.2) is 41.8 Å². The molecule has 1 fully saturated rings. The third-order valence-electron chi connectivity index (χ3n) is 4.72. The Morgan fingerprint density at radius 3 is 2.88 bits per heavy atom. The summed E-state index contributed by atoms with van der Waals surface area (Å²) in [5, 5.41) is 5.01. The standard InChI is InChI=1S/C19H19FN2OS/c20-14-5-3-4-13(10-14)12-21-19(23)17-11-18-16(8-9-24-18)22(17)15-6-1-2-7-15/h3-5,8-11,15H,1-2,6-7,12H2,(H,21,23). The highest BCUT2D eigenvalue weighted by Gasteiger charge is 2.24. The molecule has 24 heavy (non-hydrogen) atoms. The summed E-state index contributed by atoms with van der Waals surface area (Å²) in [6.45, 7) is 0.333. The van der Waals surface area contributed by atoms with E-state index in [0.29, 0.717) is 12.6 Å². The van der Waals surface area contributed by atoms with E-state index in [0.717, 1.165) is 34.3 Å². The first-order valence-corrected chi connectivity index (χ1v) is 9.21. The summed E-state index contributed by atoms with van der Waals surface area (Å²) in [6, 6.07) is 10.8. The quantitative estimate of drug-likeness (QED) is 0.720. The third kappa shape index (κ3) is 2.84. The molecule has 0 bridgehead atoms. The second kappa shape index (κ2) is 6.40. The molecule has 2 aromatic heterocycles. The number of rotatable bonds is 4. The molecule has 0 aliphatic heterocycles. The number of carbonyl (C=O) groups excluding carboxylic acids is 1. The van der Waals surface area contributed by atoms with E-state index in [2.05, 4.69) is 21.3 Å². The van der Waals surface area contributed by atoms with Crippen LogP contribution in [0.1, 0.15) is 47.8 Å². The van der Waals surface area contributed by atoms with Gasteiger partial charge in [0, 0.05) is 12.6 Å². The molecule has 1 aromatic carbocycles. The summed E-state index contributed by atoms with van der Waals surface area (Å²) >= 11 is 1.66. The summed E-state index contributed by atoms with van der Waals surface area (Å²) in [5.41, 5.74) is 2.65. The number of aromatic nitrogens is 1. The Morgan fingerprint density at radius 2 is 2.08 bits per heavy atom. The molecule has 2 heterocycles. The average Bonchev–Trinajstić information content (AvgIpc) is 3.28. The molecule has 5 heteroatoms. The molecule has 1 aliphatic carbocycles. The predicted molar refractivity (Wildman–Crippen MR) is 94.9 cm³/mol. The Bertz CT molecular complexity index is 877. The van der Waals surface area contributed by atoms with Gasteiger partial charge in [0.05, 0.1) is 10.2 Å². The van der Waals surface area contributed by atoms with Crippen molar-refractivity contribution >= 4 is 27.5 Å². The number of amides is 1. The molecule has 1 saturated carbocycles. The van der Waals surface area contributed by atoms with E-state index >= 15 is 0 Å². The second-order valence-corrected chi connectivity index (χ2v) is 7.27. The summed E-state index contributed by atoms with van der Waals surface area (Å²) in [5.74, 6) is -0.369. The van der Waals surface area contributed by atoms with E-state index in [1.807, 2.05) is 12.1 Å². The predicted octanol–water partition coefficient (Wildman–Crippen LogP) is 4.89. The molecule has 4 rings (SSSR count). The first-order valence-electron chi connectivity index (χ1n) is 8.33. The van der Waals surface area contributed by atoms with Gasteiger partial charge in [-0.1, -0.05) is 25.0 Å². The highest BCUT2D eigenvalue weighted by molar-refractivity contribution is 7.17. The molecule has 124 valence electrons. The van der Waals surface area contributed by atoms with Crippen molar-refractivity contribution in [2.45, 2.75) is 38.3 Å². The van der Waals surface area contributed by atoms with Crippen LogP contribution in [0.3, 0.4) is 0 Å². The molecule has 0 spiro atoms. The van der Waals surface area contributed by atoms with Gasteiger partial charge in [-0.15, -0.1) is 11.3 Å². The average molecular weight is 342 g/mol. The molecule has 3 aromatic rings. The Morgan fingerprint density at radius 1 is 1.25 bits per heavy atom. The SMILES string of the molecule is O=C(NCc1cccc(F)c1)c1cc2sccc2n1C1CCCC1. The van der Waals surface area contributed by atoms with E-state index in [4.69, 9.17) is 0 Å². The molecule has 0 saturated heterocycles. The van der Waals surface area contributed by atoms with Gasteiger partial charge in [0.1, 0.15) is 11.5 Å². The number of nitrogens with one attached hydrogen (secondary N) is 1. The zero-order valence-corrected chi connectivity index (χ0v) is 14.1. The van der Waals surface area contributed by atoms with Crippen LogP contribution in [0, 0.1) is 5.82 Å². The number of halogens is 1. The number of benzene rings is 1. The second-order valence-electron chi connectivity index (χ2n) is 6.32. The molecular formula is C19H19FN2OS. The van der Waals surface area contributed by atoms with Gasteiger partial charge < -0.3 is 9.88 Å². The van der Waals surface area contributed by atoms with E-state index in [1.165, 1.54) is 25.0 Å². The molecule has 1 aliphatic rings. The summed E-state index contributed by atoms with van der Waals surface area (Å²) in [7, 11) is 0. The van der Waals surface area contributed by atoms with E-state index in [-0.39, 0.29) is 11.7 Å². The highest BCUT2D eigenvalue weighted by Crippen LogP contribution is 2.36. The van der Waals surface area contributed by atoms with Gasteiger partial charge in [-0.2, -0.15) is 0 Å². The Balaban J connectivity index is 1.59. The van der Waals surface area contributed by atoms with Crippen molar-refractivity contribution in [3.05, 3.63) is 58.9 Å². The van der Waals surface area contributed by atoms with Crippen molar-refractivity contribution in [3.8, 4) is 0 Å². The molecule has 1 amide bonds. The summed E-state index contributed by atoms with van der Waals surface area (Å²) in [6.07, 6.45) is 4.70. The molecule has 0 unspecified atom stereocenters. The topological polar surface area (TPSA) is 34.0 Å². The summed E-state index contributed by atoms with van der Waals surface area (Å²) in [4.78, 5) is 12.7. The van der Waals surface area contributed by atoms with Gasteiger partial charge in [0.2, 0.25) is 0 Å². The normalized spacial score (nSPS) is 15.2. The van der Waals surface area contributed by atoms with Crippen molar-refractivity contribution in [2.24, 2.45) is 0 Å². The fourth-order valence-corrected chi connectivity index (χ4v) is 4.41. The lowest BCUT2D eigenvalue weighted by Gasteiger charge is -2.17. The van der Waals surface area contributed by atoms with Gasteiger partial charge >= 0.3 is 0 Å². The molecule has 3 nitrogen and oxygen atoms in total. The van der Waals surface area contributed by atoms with Gasteiger partial charge in [-0.25, -0.2) is 4.39 Å². The van der Waals surface area contributed by atoms with Crippen LogP contribution in [0.4, 0.5) is 4.39 Å². The van der Waals surface area contributed by atoms with Crippen LogP contribution in [0.25, 0.3) is 10.2 Å². The number of hydrogen-bond donors (Lipinski definition) is 1. The minimum Gasteiger partial charge on any atom is -0.347 e. The highest BCUT2D eigenvalue weighted by atomic mass is 32.1. The van der Waals surface area contributed by atoms with Crippen molar-refractivity contribution in [3.63, 3.8) is 0 Å². The summed E-state index contributed by atoms with van der Waals surface area (Å²) < 4.78 is 16.6. The number of thiophene rings is 1. The maximum atomic E-state index is 13.3. The first-order chi connectivity index (χ1) is 11.7. The smallest absolute Gasteiger partial charge is 0.268 e. The van der Waals surface area contributed by atoms with Crippen LogP contribution < -0.4 is 5.32 Å². The first kappa shape index (κ1) is 15.4. The molecule has 1 N–H and O–H groups in total. The number of fused-ring (bicyclic) bond motifs is 1. The maximum absolute atomic E-state index is 13.3. The molecular weight excluding hydrogens is 323 g/mol. The maximum Gasteiger partial charge on any atom is 0.268 e. The van der Waals surface area contributed by atoms with Gasteiger partial charge in [0.25, 0.3) is 5.91 Å². The monoisotopic (exact) mass is 342 g/mol. The zero-order chi connectivity index (χ0) is 16.5. The lowest BCUT2D eigenvalue weighted by molar-refractivity contribution is 0.0940. The zero-order valence-electron chi connectivity index (χ0n) is 13.3. The minimum absolute atomic E-state index is 0.0884. The fraction of sp³-hybridized carbons (Fsp3) is 0.316. The largest absolute Gasteiger partial charge is 0.347 e. The minimum atomic E-state index is -0.281. The van der Waals surface area contributed by atoms with Crippen LogP contribution in [-0.4, -0.2) is 10.5 Å². The lowest BCUT2D eigenvalue weighted by atomic mass is 10.2. The van der Waals surface area contributed by atoms with Gasteiger partial charge in [-0.05, 0) is 48.1 Å². The van der Waals surface area contributed by atoms with E-state index < -0.39 is 0 Å². The Kier molecular flexibility index (Phi) is 4.10. The Labute approximate surface area is 144 Å². The van der Waals surface area contributed by atoms with Crippen LogP contribution in [0.2, 0.25) is 0 Å². The van der Waals surface area contributed by atoms with E-state index in [9.17, 15) is 9.18 Å². The van der Waals surface area contributed by atoms with Gasteiger partial charge in [-0.3, -0.25) is 4.79 Å². The fourth-order valence-electron chi connectivity index (χ4n) is 3.60. The van der Waals surface area contributed by atoms with Crippen LogP contribution >= 0.6 is 11.3 Å². The Hall–Kier alpha value is -2.14.